The molecule has 0 heterocycles. The largest absolute Gasteiger partial charge is 0.399 e. The van der Waals surface area contributed by atoms with Crippen molar-refractivity contribution in [1.29, 1.82) is 0 Å². The number of nitrogen functional groups attached to an aromatic ring is 1. The summed E-state index contributed by atoms with van der Waals surface area (Å²) in [6.07, 6.45) is 0. The zero-order valence-corrected chi connectivity index (χ0v) is 13.8. The molecule has 0 saturated carbocycles. The van der Waals surface area contributed by atoms with Crippen LogP contribution in [0.4, 0.5) is 5.69 Å². The fraction of sp³-hybridized carbons (Fsp3) is 0.294. The zero-order valence-electron chi connectivity index (χ0n) is 12.3. The summed E-state index contributed by atoms with van der Waals surface area (Å²) in [6, 6.07) is 14.0. The van der Waals surface area contributed by atoms with Crippen LogP contribution >= 0.6 is 23.2 Å². The average Bonchev–Trinajstić information content (AvgIpc) is 2.40. The molecule has 0 aliphatic carbocycles. The van der Waals surface area contributed by atoms with E-state index in [4.69, 9.17) is 28.9 Å². The summed E-state index contributed by atoms with van der Waals surface area (Å²) in [6.45, 7) is 5.97. The number of benzene rings is 2. The van der Waals surface area contributed by atoms with E-state index < -0.39 is 0 Å². The second-order valence-electron chi connectivity index (χ2n) is 5.48. The first-order valence-corrected chi connectivity index (χ1v) is 7.73. The number of rotatable bonds is 5. The van der Waals surface area contributed by atoms with Crippen LogP contribution in [0.3, 0.4) is 0 Å². The van der Waals surface area contributed by atoms with Crippen molar-refractivity contribution in [3.8, 4) is 0 Å². The second kappa shape index (κ2) is 7.17. The molecule has 0 aliphatic rings. The highest BCUT2D eigenvalue weighted by atomic mass is 35.5. The third-order valence-corrected chi connectivity index (χ3v) is 4.04. The summed E-state index contributed by atoms with van der Waals surface area (Å²) in [5.74, 6) is 0. The van der Waals surface area contributed by atoms with Crippen LogP contribution in [-0.2, 0) is 13.1 Å². The van der Waals surface area contributed by atoms with Gasteiger partial charge in [-0.15, -0.1) is 0 Å². The Morgan fingerprint density at radius 1 is 1.05 bits per heavy atom. The first-order chi connectivity index (χ1) is 9.95. The molecule has 2 aromatic rings. The molecule has 0 atom stereocenters. The van der Waals surface area contributed by atoms with Gasteiger partial charge in [-0.05, 0) is 49.2 Å². The van der Waals surface area contributed by atoms with Gasteiger partial charge in [0, 0.05) is 34.9 Å². The van der Waals surface area contributed by atoms with E-state index >= 15 is 0 Å². The van der Waals surface area contributed by atoms with E-state index in [1.54, 1.807) is 6.07 Å². The Labute approximate surface area is 136 Å². The van der Waals surface area contributed by atoms with Crippen LogP contribution in [0.2, 0.25) is 10.0 Å². The molecule has 2 aromatic carbocycles. The third kappa shape index (κ3) is 4.63. The van der Waals surface area contributed by atoms with E-state index in [9.17, 15) is 0 Å². The monoisotopic (exact) mass is 322 g/mol. The Kier molecular flexibility index (Phi) is 5.51. The number of nitrogens with two attached hydrogens (primary N) is 1. The maximum atomic E-state index is 6.28. The van der Waals surface area contributed by atoms with E-state index in [1.807, 2.05) is 30.3 Å². The molecule has 112 valence electrons. The number of nitrogens with zero attached hydrogens (tertiary/aromatic N) is 1. The highest BCUT2D eigenvalue weighted by Gasteiger charge is 2.13. The summed E-state index contributed by atoms with van der Waals surface area (Å²) < 4.78 is 0. The Morgan fingerprint density at radius 3 is 2.43 bits per heavy atom. The molecule has 0 unspecified atom stereocenters. The summed E-state index contributed by atoms with van der Waals surface area (Å²) >= 11 is 12.2. The molecule has 21 heavy (non-hydrogen) atoms. The molecule has 2 N–H and O–H groups in total. The number of hydrogen-bond donors (Lipinski definition) is 1. The first-order valence-electron chi connectivity index (χ1n) is 6.98. The van der Waals surface area contributed by atoms with Crippen molar-refractivity contribution in [3.05, 3.63) is 63.6 Å². The van der Waals surface area contributed by atoms with Crippen LogP contribution in [0.5, 0.6) is 0 Å². The van der Waals surface area contributed by atoms with Crippen molar-refractivity contribution < 1.29 is 0 Å². The number of anilines is 1. The van der Waals surface area contributed by atoms with Gasteiger partial charge in [-0.1, -0.05) is 41.4 Å². The van der Waals surface area contributed by atoms with Gasteiger partial charge in [0.25, 0.3) is 0 Å². The molecular weight excluding hydrogens is 303 g/mol. The second-order valence-corrected chi connectivity index (χ2v) is 6.32. The van der Waals surface area contributed by atoms with Crippen molar-refractivity contribution in [1.82, 2.24) is 4.90 Å². The Bertz CT molecular complexity index is 611. The van der Waals surface area contributed by atoms with Gasteiger partial charge in [0.2, 0.25) is 0 Å². The lowest BCUT2D eigenvalue weighted by molar-refractivity contribution is 0.204. The Morgan fingerprint density at radius 2 is 1.81 bits per heavy atom. The molecule has 0 spiro atoms. The minimum absolute atomic E-state index is 0.401. The molecule has 0 amide bonds. The van der Waals surface area contributed by atoms with Gasteiger partial charge in [0.15, 0.2) is 0 Å². The van der Waals surface area contributed by atoms with Crippen molar-refractivity contribution in [2.45, 2.75) is 33.0 Å². The molecule has 0 radical (unpaired) electrons. The van der Waals surface area contributed by atoms with Crippen LogP contribution in [0.25, 0.3) is 0 Å². The summed E-state index contributed by atoms with van der Waals surface area (Å²) in [4.78, 5) is 2.35. The fourth-order valence-electron chi connectivity index (χ4n) is 2.22. The number of halogens is 2. The van der Waals surface area contributed by atoms with Crippen LogP contribution in [-0.4, -0.2) is 10.9 Å². The smallest absolute Gasteiger partial charge is 0.0465 e. The molecule has 2 nitrogen and oxygen atoms in total. The Hall–Kier alpha value is -1.22. The molecule has 0 aromatic heterocycles. The normalized spacial score (nSPS) is 11.3. The van der Waals surface area contributed by atoms with Crippen molar-refractivity contribution in [2.75, 3.05) is 5.73 Å². The SMILES string of the molecule is CC(C)N(Cc1cccc(N)c1)Cc1ccc(Cl)cc1Cl. The van der Waals surface area contributed by atoms with Gasteiger partial charge >= 0.3 is 0 Å². The maximum Gasteiger partial charge on any atom is 0.0465 e. The highest BCUT2D eigenvalue weighted by Crippen LogP contribution is 2.24. The summed E-state index contributed by atoms with van der Waals surface area (Å²) in [7, 11) is 0. The lowest BCUT2D eigenvalue weighted by atomic mass is 10.1. The quantitative estimate of drug-likeness (QED) is 0.786. The van der Waals surface area contributed by atoms with Crippen molar-refractivity contribution in [3.63, 3.8) is 0 Å². The topological polar surface area (TPSA) is 29.3 Å². The van der Waals surface area contributed by atoms with Gasteiger partial charge in [-0.25, -0.2) is 0 Å². The molecular formula is C17H20Cl2N2. The molecule has 0 saturated heterocycles. The van der Waals surface area contributed by atoms with Crippen LogP contribution in [0.1, 0.15) is 25.0 Å². The van der Waals surface area contributed by atoms with Gasteiger partial charge in [0.1, 0.15) is 0 Å². The van der Waals surface area contributed by atoms with Crippen molar-refractivity contribution >= 4 is 28.9 Å². The molecule has 4 heteroatoms. The van der Waals surface area contributed by atoms with Crippen LogP contribution < -0.4 is 5.73 Å². The highest BCUT2D eigenvalue weighted by molar-refractivity contribution is 6.35. The third-order valence-electron chi connectivity index (χ3n) is 3.46. The van der Waals surface area contributed by atoms with Gasteiger partial charge < -0.3 is 5.73 Å². The number of hydrogen-bond acceptors (Lipinski definition) is 2. The predicted octanol–water partition coefficient (Wildman–Crippen LogP) is 4.99. The zero-order chi connectivity index (χ0) is 15.4. The summed E-state index contributed by atoms with van der Waals surface area (Å²) in [5.41, 5.74) is 8.93. The molecule has 0 fully saturated rings. The van der Waals surface area contributed by atoms with E-state index in [0.29, 0.717) is 16.1 Å². The van der Waals surface area contributed by atoms with E-state index in [0.717, 1.165) is 24.3 Å². The van der Waals surface area contributed by atoms with Crippen molar-refractivity contribution in [2.24, 2.45) is 0 Å². The van der Waals surface area contributed by atoms with Gasteiger partial charge in [0.05, 0.1) is 0 Å². The van der Waals surface area contributed by atoms with E-state index in [1.165, 1.54) is 5.56 Å². The van der Waals surface area contributed by atoms with Crippen LogP contribution in [0, 0.1) is 0 Å². The maximum absolute atomic E-state index is 6.28. The van der Waals surface area contributed by atoms with Gasteiger partial charge in [-0.3, -0.25) is 4.90 Å². The first kappa shape index (κ1) is 16.2. The standard InChI is InChI=1S/C17H20Cl2N2/c1-12(2)21(10-13-4-3-5-16(20)8-13)11-14-6-7-15(18)9-17(14)19/h3-9,12H,10-11,20H2,1-2H3. The minimum Gasteiger partial charge on any atom is -0.399 e. The van der Waals surface area contributed by atoms with Gasteiger partial charge in [-0.2, -0.15) is 0 Å². The Balaban J connectivity index is 2.16. The van der Waals surface area contributed by atoms with Crippen LogP contribution in [0.15, 0.2) is 42.5 Å². The molecule has 0 aliphatic heterocycles. The molecule has 2 rings (SSSR count). The predicted molar refractivity (Wildman–Crippen MR) is 91.7 cm³/mol. The summed E-state index contributed by atoms with van der Waals surface area (Å²) in [5, 5.41) is 1.37. The lowest BCUT2D eigenvalue weighted by Gasteiger charge is -2.27. The lowest BCUT2D eigenvalue weighted by Crippen LogP contribution is -2.30. The fourth-order valence-corrected chi connectivity index (χ4v) is 2.68. The minimum atomic E-state index is 0.401. The average molecular weight is 323 g/mol. The van der Waals surface area contributed by atoms with E-state index in [2.05, 4.69) is 24.8 Å². The van der Waals surface area contributed by atoms with E-state index in [-0.39, 0.29) is 0 Å². The molecule has 0 bridgehead atoms.